The molecule has 0 bridgehead atoms. The lowest BCUT2D eigenvalue weighted by Gasteiger charge is -2.41. The molecule has 2 amide bonds. The Labute approximate surface area is 132 Å². The number of amides is 2. The number of aliphatic carboxylic acids is 1. The molecule has 22 heavy (non-hydrogen) atoms. The molecule has 1 aromatic rings. The van der Waals surface area contributed by atoms with Gasteiger partial charge in [0.2, 0.25) is 5.91 Å². The van der Waals surface area contributed by atoms with Crippen molar-refractivity contribution in [3.8, 4) is 0 Å². The first-order valence-corrected chi connectivity index (χ1v) is 7.31. The molecular formula is C15H17ClN2O4. The predicted octanol–water partition coefficient (Wildman–Crippen LogP) is 2.43. The minimum atomic E-state index is -0.946. The number of rotatable bonds is 5. The van der Waals surface area contributed by atoms with Crippen molar-refractivity contribution in [2.45, 2.75) is 38.1 Å². The van der Waals surface area contributed by atoms with Gasteiger partial charge in [0.05, 0.1) is 22.5 Å². The van der Waals surface area contributed by atoms with Crippen LogP contribution in [0.3, 0.4) is 0 Å². The Kier molecular flexibility index (Phi) is 4.71. The first kappa shape index (κ1) is 16.3. The molecule has 0 radical (unpaired) electrons. The van der Waals surface area contributed by atoms with E-state index in [1.165, 1.54) is 19.1 Å². The molecule has 2 rings (SSSR count). The second-order valence-electron chi connectivity index (χ2n) is 5.53. The summed E-state index contributed by atoms with van der Waals surface area (Å²) in [5.74, 6) is -1.63. The van der Waals surface area contributed by atoms with Crippen LogP contribution in [0, 0.1) is 0 Å². The van der Waals surface area contributed by atoms with E-state index < -0.39 is 17.4 Å². The fourth-order valence-electron chi connectivity index (χ4n) is 2.53. The highest BCUT2D eigenvalue weighted by molar-refractivity contribution is 6.34. The molecule has 0 unspecified atom stereocenters. The van der Waals surface area contributed by atoms with E-state index in [-0.39, 0.29) is 22.9 Å². The Balaban J connectivity index is 2.18. The fourth-order valence-corrected chi connectivity index (χ4v) is 2.73. The van der Waals surface area contributed by atoms with Crippen LogP contribution in [-0.4, -0.2) is 28.4 Å². The van der Waals surface area contributed by atoms with Crippen molar-refractivity contribution < 1.29 is 19.5 Å². The molecule has 0 spiro atoms. The molecule has 118 valence electrons. The summed E-state index contributed by atoms with van der Waals surface area (Å²) in [5, 5.41) is 14.6. The summed E-state index contributed by atoms with van der Waals surface area (Å²) in [6.07, 6.45) is 2.04. The Morgan fingerprint density at radius 3 is 2.50 bits per heavy atom. The maximum Gasteiger partial charge on any atom is 0.305 e. The van der Waals surface area contributed by atoms with E-state index in [0.717, 1.165) is 6.42 Å². The van der Waals surface area contributed by atoms with Crippen molar-refractivity contribution >= 4 is 35.1 Å². The van der Waals surface area contributed by atoms with Gasteiger partial charge < -0.3 is 15.7 Å². The van der Waals surface area contributed by atoms with Crippen LogP contribution in [0.2, 0.25) is 5.02 Å². The van der Waals surface area contributed by atoms with Crippen molar-refractivity contribution in [2.75, 3.05) is 5.32 Å². The van der Waals surface area contributed by atoms with Crippen molar-refractivity contribution in [1.82, 2.24) is 5.32 Å². The molecule has 1 aliphatic carbocycles. The third-order valence-electron chi connectivity index (χ3n) is 3.71. The van der Waals surface area contributed by atoms with Gasteiger partial charge >= 0.3 is 5.97 Å². The van der Waals surface area contributed by atoms with Gasteiger partial charge in [-0.2, -0.15) is 0 Å². The van der Waals surface area contributed by atoms with Crippen LogP contribution in [0.5, 0.6) is 0 Å². The monoisotopic (exact) mass is 324 g/mol. The molecule has 1 aliphatic rings. The van der Waals surface area contributed by atoms with Gasteiger partial charge in [-0.3, -0.25) is 14.4 Å². The van der Waals surface area contributed by atoms with Gasteiger partial charge in [0.1, 0.15) is 0 Å². The van der Waals surface area contributed by atoms with Gasteiger partial charge in [0.15, 0.2) is 0 Å². The molecule has 7 heteroatoms. The average molecular weight is 325 g/mol. The summed E-state index contributed by atoms with van der Waals surface area (Å²) >= 11 is 6.03. The van der Waals surface area contributed by atoms with E-state index in [0.29, 0.717) is 18.5 Å². The van der Waals surface area contributed by atoms with Crippen molar-refractivity contribution in [3.63, 3.8) is 0 Å². The van der Waals surface area contributed by atoms with Gasteiger partial charge in [-0.25, -0.2) is 0 Å². The van der Waals surface area contributed by atoms with Crippen LogP contribution >= 0.6 is 11.6 Å². The van der Waals surface area contributed by atoms with Crippen molar-refractivity contribution in [2.24, 2.45) is 0 Å². The fraction of sp³-hybridized carbons (Fsp3) is 0.400. The van der Waals surface area contributed by atoms with E-state index in [4.69, 9.17) is 16.7 Å². The van der Waals surface area contributed by atoms with E-state index in [9.17, 15) is 14.4 Å². The lowest BCUT2D eigenvalue weighted by molar-refractivity contribution is -0.139. The van der Waals surface area contributed by atoms with Gasteiger partial charge in [0, 0.05) is 12.6 Å². The van der Waals surface area contributed by atoms with Crippen LogP contribution in [0.15, 0.2) is 18.2 Å². The van der Waals surface area contributed by atoms with Gasteiger partial charge in [-0.05, 0) is 37.5 Å². The number of carboxylic acid groups (broad SMARTS) is 1. The molecule has 1 aromatic carbocycles. The first-order valence-electron chi connectivity index (χ1n) is 6.93. The van der Waals surface area contributed by atoms with Gasteiger partial charge in [-0.1, -0.05) is 11.6 Å². The SMILES string of the molecule is CC(=O)Nc1ccc(Cl)c(C(=O)NC2(CC(=O)O)CCC2)c1. The highest BCUT2D eigenvalue weighted by Crippen LogP contribution is 2.35. The Bertz CT molecular complexity index is 626. The summed E-state index contributed by atoms with van der Waals surface area (Å²) in [6, 6.07) is 4.59. The lowest BCUT2D eigenvalue weighted by atomic mass is 9.74. The number of carboxylic acids is 1. The average Bonchev–Trinajstić information content (AvgIpc) is 2.37. The molecule has 0 heterocycles. The molecule has 3 N–H and O–H groups in total. The number of halogens is 1. The van der Waals surface area contributed by atoms with Crippen LogP contribution in [0.1, 0.15) is 43.0 Å². The largest absolute Gasteiger partial charge is 0.481 e. The zero-order valence-electron chi connectivity index (χ0n) is 12.1. The standard InChI is InChI=1S/C15H17ClN2O4/c1-9(19)17-10-3-4-12(16)11(7-10)14(22)18-15(5-2-6-15)8-13(20)21/h3-4,7H,2,5-6,8H2,1H3,(H,17,19)(H,18,22)(H,20,21). The third kappa shape index (κ3) is 3.76. The molecule has 0 atom stereocenters. The van der Waals surface area contributed by atoms with E-state index in [1.54, 1.807) is 6.07 Å². The normalized spacial score (nSPS) is 15.5. The Hall–Kier alpha value is -2.08. The maximum atomic E-state index is 12.4. The number of hydrogen-bond donors (Lipinski definition) is 3. The van der Waals surface area contributed by atoms with Crippen LogP contribution < -0.4 is 10.6 Å². The van der Waals surface area contributed by atoms with Crippen LogP contribution in [0.4, 0.5) is 5.69 Å². The minimum absolute atomic E-state index is 0.109. The third-order valence-corrected chi connectivity index (χ3v) is 4.04. The molecule has 0 saturated heterocycles. The zero-order valence-corrected chi connectivity index (χ0v) is 12.9. The summed E-state index contributed by atoms with van der Waals surface area (Å²) in [5.41, 5.74) is -0.0245. The summed E-state index contributed by atoms with van der Waals surface area (Å²) in [4.78, 5) is 34.4. The second-order valence-corrected chi connectivity index (χ2v) is 5.94. The second kappa shape index (κ2) is 6.36. The lowest BCUT2D eigenvalue weighted by Crippen LogP contribution is -2.54. The van der Waals surface area contributed by atoms with Gasteiger partial charge in [0.25, 0.3) is 5.91 Å². The van der Waals surface area contributed by atoms with Crippen LogP contribution in [0.25, 0.3) is 0 Å². The predicted molar refractivity (Wildman–Crippen MR) is 82.1 cm³/mol. The van der Waals surface area contributed by atoms with Crippen LogP contribution in [-0.2, 0) is 9.59 Å². The highest BCUT2D eigenvalue weighted by atomic mass is 35.5. The molecule has 0 aliphatic heterocycles. The number of anilines is 1. The number of carbonyl (C=O) groups excluding carboxylic acids is 2. The smallest absolute Gasteiger partial charge is 0.305 e. The quantitative estimate of drug-likeness (QED) is 0.775. The summed E-state index contributed by atoms with van der Waals surface area (Å²) in [7, 11) is 0. The minimum Gasteiger partial charge on any atom is -0.481 e. The topological polar surface area (TPSA) is 95.5 Å². The molecule has 0 aromatic heterocycles. The summed E-state index contributed by atoms with van der Waals surface area (Å²) in [6.45, 7) is 1.37. The zero-order chi connectivity index (χ0) is 16.3. The Morgan fingerprint density at radius 2 is 2.00 bits per heavy atom. The van der Waals surface area contributed by atoms with Gasteiger partial charge in [-0.15, -0.1) is 0 Å². The number of benzene rings is 1. The number of carbonyl (C=O) groups is 3. The summed E-state index contributed by atoms with van der Waals surface area (Å²) < 4.78 is 0. The molecule has 6 nitrogen and oxygen atoms in total. The molecule has 1 saturated carbocycles. The Morgan fingerprint density at radius 1 is 1.32 bits per heavy atom. The number of hydrogen-bond acceptors (Lipinski definition) is 3. The molecular weight excluding hydrogens is 308 g/mol. The van der Waals surface area contributed by atoms with E-state index >= 15 is 0 Å². The molecule has 1 fully saturated rings. The van der Waals surface area contributed by atoms with Crippen molar-refractivity contribution in [1.29, 1.82) is 0 Å². The highest BCUT2D eigenvalue weighted by Gasteiger charge is 2.40. The van der Waals surface area contributed by atoms with E-state index in [2.05, 4.69) is 10.6 Å². The first-order chi connectivity index (χ1) is 10.3. The van der Waals surface area contributed by atoms with Crippen molar-refractivity contribution in [3.05, 3.63) is 28.8 Å². The number of nitrogens with one attached hydrogen (secondary N) is 2. The van der Waals surface area contributed by atoms with E-state index in [1.807, 2.05) is 0 Å². The maximum absolute atomic E-state index is 12.4.